The largest absolute Gasteiger partial charge is 0.513 e. The van der Waals surface area contributed by atoms with Gasteiger partial charge in [0.05, 0.1) is 13.7 Å². The average Bonchev–Trinajstić information content (AvgIpc) is 2.59. The fourth-order valence-electron chi connectivity index (χ4n) is 2.15. The van der Waals surface area contributed by atoms with Crippen LogP contribution in [0.1, 0.15) is 6.92 Å². The zero-order valence-corrected chi connectivity index (χ0v) is 14.5. The van der Waals surface area contributed by atoms with Crippen molar-refractivity contribution in [2.75, 3.05) is 31.7 Å². The van der Waals surface area contributed by atoms with E-state index in [1.54, 1.807) is 31.4 Å². The first-order valence-electron chi connectivity index (χ1n) is 7.61. The molecule has 0 spiro atoms. The van der Waals surface area contributed by atoms with E-state index in [2.05, 4.69) is 4.90 Å². The van der Waals surface area contributed by atoms with Gasteiger partial charge in [-0.05, 0) is 49.4 Å². The number of anilines is 1. The van der Waals surface area contributed by atoms with Crippen LogP contribution in [0.4, 0.5) is 10.5 Å². The Labute approximate surface area is 146 Å². The van der Waals surface area contributed by atoms with Gasteiger partial charge in [0, 0.05) is 17.3 Å². The molecule has 128 valence electrons. The summed E-state index contributed by atoms with van der Waals surface area (Å²) in [6.45, 7) is 3.57. The molecule has 24 heavy (non-hydrogen) atoms. The van der Waals surface area contributed by atoms with Gasteiger partial charge in [0.25, 0.3) is 0 Å². The molecule has 0 fully saturated rings. The minimum atomic E-state index is -0.734. The molecule has 0 atom stereocenters. The van der Waals surface area contributed by atoms with Crippen LogP contribution in [0.2, 0.25) is 5.02 Å². The molecule has 5 nitrogen and oxygen atoms in total. The first-order valence-corrected chi connectivity index (χ1v) is 7.99. The van der Waals surface area contributed by atoms with Crippen LogP contribution in [0.15, 0.2) is 48.5 Å². The van der Waals surface area contributed by atoms with Crippen molar-refractivity contribution < 1.29 is 19.0 Å². The molecule has 0 unspecified atom stereocenters. The highest BCUT2D eigenvalue weighted by atomic mass is 35.5. The van der Waals surface area contributed by atoms with E-state index in [0.29, 0.717) is 23.1 Å². The number of rotatable bonds is 7. The molecule has 6 heteroatoms. The molecule has 0 bridgehead atoms. The van der Waals surface area contributed by atoms with Crippen LogP contribution in [-0.4, -0.2) is 33.0 Å². The minimum Gasteiger partial charge on any atom is -0.497 e. The standard InChI is InChI=1S/C18H20ClNO4/c1-3-20(15-6-4-5-14(19)13-15)11-12-23-18(21)24-17-9-7-16(22-2)8-10-17/h4-10,13H,3,11-12H2,1-2H3. The summed E-state index contributed by atoms with van der Waals surface area (Å²) in [6.07, 6.45) is -0.734. The summed E-state index contributed by atoms with van der Waals surface area (Å²) in [5, 5.41) is 0.672. The highest BCUT2D eigenvalue weighted by Gasteiger charge is 2.09. The normalized spacial score (nSPS) is 10.1. The van der Waals surface area contributed by atoms with E-state index in [4.69, 9.17) is 25.8 Å². The predicted octanol–water partition coefficient (Wildman–Crippen LogP) is 4.39. The van der Waals surface area contributed by atoms with Gasteiger partial charge in [-0.25, -0.2) is 4.79 Å². The molecule has 0 aliphatic heterocycles. The molecule has 0 aliphatic carbocycles. The molecule has 2 aromatic carbocycles. The second kappa shape index (κ2) is 9.03. The van der Waals surface area contributed by atoms with E-state index >= 15 is 0 Å². The van der Waals surface area contributed by atoms with E-state index in [1.807, 2.05) is 31.2 Å². The van der Waals surface area contributed by atoms with Crippen molar-refractivity contribution in [1.82, 2.24) is 0 Å². The first kappa shape index (κ1) is 17.9. The molecule has 2 aromatic rings. The number of ether oxygens (including phenoxy) is 3. The Morgan fingerprint density at radius 1 is 1.12 bits per heavy atom. The summed E-state index contributed by atoms with van der Waals surface area (Å²) < 4.78 is 15.3. The summed E-state index contributed by atoms with van der Waals surface area (Å²) in [5.74, 6) is 1.10. The number of methoxy groups -OCH3 is 1. The van der Waals surface area contributed by atoms with Crippen LogP contribution in [0.3, 0.4) is 0 Å². The fourth-order valence-corrected chi connectivity index (χ4v) is 2.34. The lowest BCUT2D eigenvalue weighted by molar-refractivity contribution is 0.101. The summed E-state index contributed by atoms with van der Waals surface area (Å²) in [4.78, 5) is 13.8. The minimum absolute atomic E-state index is 0.218. The lowest BCUT2D eigenvalue weighted by atomic mass is 10.3. The number of carbonyl (C=O) groups is 1. The van der Waals surface area contributed by atoms with Crippen molar-refractivity contribution in [1.29, 1.82) is 0 Å². The Morgan fingerprint density at radius 3 is 2.46 bits per heavy atom. The number of hydrogen-bond donors (Lipinski definition) is 0. The second-order valence-electron chi connectivity index (χ2n) is 4.94. The van der Waals surface area contributed by atoms with Crippen molar-refractivity contribution >= 4 is 23.4 Å². The van der Waals surface area contributed by atoms with Gasteiger partial charge in [-0.3, -0.25) is 0 Å². The van der Waals surface area contributed by atoms with Crippen molar-refractivity contribution in [2.24, 2.45) is 0 Å². The van der Waals surface area contributed by atoms with Crippen molar-refractivity contribution in [3.05, 3.63) is 53.6 Å². The van der Waals surface area contributed by atoms with E-state index in [0.717, 1.165) is 12.2 Å². The van der Waals surface area contributed by atoms with Crippen LogP contribution in [0.5, 0.6) is 11.5 Å². The van der Waals surface area contributed by atoms with E-state index in [1.165, 1.54) is 0 Å². The summed E-state index contributed by atoms with van der Waals surface area (Å²) in [6, 6.07) is 14.3. The second-order valence-corrected chi connectivity index (χ2v) is 5.37. The summed E-state index contributed by atoms with van der Waals surface area (Å²) >= 11 is 6.00. The lowest BCUT2D eigenvalue weighted by Crippen LogP contribution is -2.28. The van der Waals surface area contributed by atoms with Gasteiger partial charge >= 0.3 is 6.16 Å². The van der Waals surface area contributed by atoms with Crippen molar-refractivity contribution in [3.8, 4) is 11.5 Å². The maximum Gasteiger partial charge on any atom is 0.513 e. The smallest absolute Gasteiger partial charge is 0.497 e. The molecule has 0 saturated heterocycles. The van der Waals surface area contributed by atoms with Crippen LogP contribution < -0.4 is 14.4 Å². The van der Waals surface area contributed by atoms with Crippen LogP contribution in [0.25, 0.3) is 0 Å². The Kier molecular flexibility index (Phi) is 6.75. The topological polar surface area (TPSA) is 48.0 Å². The van der Waals surface area contributed by atoms with Crippen LogP contribution >= 0.6 is 11.6 Å². The molecule has 0 saturated carbocycles. The van der Waals surface area contributed by atoms with Crippen LogP contribution in [-0.2, 0) is 4.74 Å². The third kappa shape index (κ3) is 5.35. The van der Waals surface area contributed by atoms with Gasteiger partial charge < -0.3 is 19.1 Å². The van der Waals surface area contributed by atoms with E-state index in [9.17, 15) is 4.79 Å². The maximum atomic E-state index is 11.7. The molecular weight excluding hydrogens is 330 g/mol. The summed E-state index contributed by atoms with van der Waals surface area (Å²) in [7, 11) is 1.57. The molecule has 0 N–H and O–H groups in total. The van der Waals surface area contributed by atoms with E-state index in [-0.39, 0.29) is 6.61 Å². The number of halogens is 1. The van der Waals surface area contributed by atoms with Gasteiger partial charge in [-0.2, -0.15) is 0 Å². The maximum absolute atomic E-state index is 11.7. The van der Waals surface area contributed by atoms with Crippen molar-refractivity contribution in [2.45, 2.75) is 6.92 Å². The number of carbonyl (C=O) groups excluding carboxylic acids is 1. The number of likely N-dealkylation sites (N-methyl/N-ethyl adjacent to an activating group) is 1. The number of nitrogens with zero attached hydrogens (tertiary/aromatic N) is 1. The number of hydrogen-bond acceptors (Lipinski definition) is 5. The van der Waals surface area contributed by atoms with Crippen LogP contribution in [0, 0.1) is 0 Å². The molecule has 0 aliphatic rings. The summed E-state index contributed by atoms with van der Waals surface area (Å²) in [5.41, 5.74) is 0.983. The molecule has 0 radical (unpaired) electrons. The van der Waals surface area contributed by atoms with Gasteiger partial charge in [0.1, 0.15) is 18.1 Å². The van der Waals surface area contributed by atoms with Gasteiger partial charge in [0.15, 0.2) is 0 Å². The fraction of sp³-hybridized carbons (Fsp3) is 0.278. The number of benzene rings is 2. The Morgan fingerprint density at radius 2 is 1.83 bits per heavy atom. The monoisotopic (exact) mass is 349 g/mol. The van der Waals surface area contributed by atoms with E-state index < -0.39 is 6.16 Å². The van der Waals surface area contributed by atoms with Gasteiger partial charge in [0.2, 0.25) is 0 Å². The highest BCUT2D eigenvalue weighted by molar-refractivity contribution is 6.30. The van der Waals surface area contributed by atoms with Gasteiger partial charge in [-0.1, -0.05) is 17.7 Å². The Hall–Kier alpha value is -2.40. The first-order chi connectivity index (χ1) is 11.6. The highest BCUT2D eigenvalue weighted by Crippen LogP contribution is 2.19. The third-order valence-corrected chi connectivity index (χ3v) is 3.63. The quantitative estimate of drug-likeness (QED) is 0.548. The average molecular weight is 350 g/mol. The molecular formula is C18H20ClNO4. The zero-order chi connectivity index (χ0) is 17.4. The van der Waals surface area contributed by atoms with Crippen molar-refractivity contribution in [3.63, 3.8) is 0 Å². The Bertz CT molecular complexity index is 660. The molecule has 2 rings (SSSR count). The molecule has 0 amide bonds. The third-order valence-electron chi connectivity index (χ3n) is 3.40. The molecule has 0 heterocycles. The molecule has 0 aromatic heterocycles. The SMILES string of the molecule is CCN(CCOC(=O)Oc1ccc(OC)cc1)c1cccc(Cl)c1. The predicted molar refractivity (Wildman–Crippen MR) is 94.3 cm³/mol. The van der Waals surface area contributed by atoms with Gasteiger partial charge in [-0.15, -0.1) is 0 Å². The lowest BCUT2D eigenvalue weighted by Gasteiger charge is -2.22. The Balaban J connectivity index is 1.80. The zero-order valence-electron chi connectivity index (χ0n) is 13.7.